The summed E-state index contributed by atoms with van der Waals surface area (Å²) in [7, 11) is 0. The lowest BCUT2D eigenvalue weighted by molar-refractivity contribution is -0.0296. The van der Waals surface area contributed by atoms with Gasteiger partial charge in [0.25, 0.3) is 0 Å². The van der Waals surface area contributed by atoms with Crippen LogP contribution in [0.5, 0.6) is 0 Å². The summed E-state index contributed by atoms with van der Waals surface area (Å²) in [6, 6.07) is 2.17. The summed E-state index contributed by atoms with van der Waals surface area (Å²) in [5.74, 6) is 0.615. The van der Waals surface area contributed by atoms with Crippen LogP contribution in [0, 0.1) is 17.2 Å². The van der Waals surface area contributed by atoms with E-state index in [2.05, 4.69) is 12.1 Å². The van der Waals surface area contributed by atoms with E-state index in [9.17, 15) is 0 Å². The quantitative estimate of drug-likeness (QED) is 0.735. The molecule has 1 heterocycles. The first-order valence-corrected chi connectivity index (χ1v) is 6.56. The summed E-state index contributed by atoms with van der Waals surface area (Å²) in [6.07, 6.45) is 9.82. The standard InChI is InChI=1S/C13H18ClNO/c14-11-8-12(6-7-15)16-13(9-11)10-4-2-1-3-5-10/h9-10,12-13H,1-6,8H2/t12-,13-/m1/s1. The van der Waals surface area contributed by atoms with Crippen LogP contribution in [0.25, 0.3) is 0 Å². The molecule has 88 valence electrons. The van der Waals surface area contributed by atoms with Crippen LogP contribution in [-0.2, 0) is 4.74 Å². The topological polar surface area (TPSA) is 33.0 Å². The molecule has 1 aliphatic carbocycles. The molecule has 1 saturated carbocycles. The van der Waals surface area contributed by atoms with E-state index in [1.807, 2.05) is 0 Å². The van der Waals surface area contributed by atoms with E-state index in [1.165, 1.54) is 32.1 Å². The maximum Gasteiger partial charge on any atom is 0.0802 e. The third-order valence-electron chi connectivity index (χ3n) is 3.55. The van der Waals surface area contributed by atoms with E-state index in [0.717, 1.165) is 5.03 Å². The molecule has 1 aliphatic heterocycles. The molecular formula is C13H18ClNO. The largest absolute Gasteiger partial charge is 0.369 e. The Labute approximate surface area is 102 Å². The molecular weight excluding hydrogens is 222 g/mol. The van der Waals surface area contributed by atoms with E-state index >= 15 is 0 Å². The Morgan fingerprint density at radius 3 is 2.81 bits per heavy atom. The SMILES string of the molecule is N#CC[C@@H]1CC(Cl)=C[C@H](C2CCCCC2)O1. The molecule has 16 heavy (non-hydrogen) atoms. The summed E-state index contributed by atoms with van der Waals surface area (Å²) in [4.78, 5) is 0. The van der Waals surface area contributed by atoms with E-state index in [1.54, 1.807) is 0 Å². The second-order valence-electron chi connectivity index (χ2n) is 4.80. The Kier molecular flexibility index (Phi) is 4.26. The number of nitrogens with zero attached hydrogens (tertiary/aromatic N) is 1. The molecule has 0 aromatic rings. The lowest BCUT2D eigenvalue weighted by atomic mass is 9.84. The van der Waals surface area contributed by atoms with Crippen LogP contribution in [0.2, 0.25) is 0 Å². The second-order valence-corrected chi connectivity index (χ2v) is 5.29. The van der Waals surface area contributed by atoms with Crippen molar-refractivity contribution < 1.29 is 4.74 Å². The van der Waals surface area contributed by atoms with Crippen LogP contribution in [-0.4, -0.2) is 12.2 Å². The van der Waals surface area contributed by atoms with E-state index < -0.39 is 0 Å². The number of ether oxygens (including phenoxy) is 1. The van der Waals surface area contributed by atoms with Gasteiger partial charge in [0.05, 0.1) is 24.7 Å². The first kappa shape index (κ1) is 12.0. The van der Waals surface area contributed by atoms with Crippen LogP contribution in [0.3, 0.4) is 0 Å². The average Bonchev–Trinajstić information content (AvgIpc) is 2.30. The number of halogens is 1. The molecule has 0 aromatic heterocycles. The minimum atomic E-state index is 0.00873. The molecule has 0 saturated heterocycles. The number of hydrogen-bond acceptors (Lipinski definition) is 2. The van der Waals surface area contributed by atoms with Crippen molar-refractivity contribution in [3.05, 3.63) is 11.1 Å². The summed E-state index contributed by atoms with van der Waals surface area (Å²) < 4.78 is 5.95. The molecule has 0 bridgehead atoms. The van der Waals surface area contributed by atoms with Gasteiger partial charge in [-0.1, -0.05) is 30.9 Å². The smallest absolute Gasteiger partial charge is 0.0802 e. The van der Waals surface area contributed by atoms with Crippen molar-refractivity contribution in [1.82, 2.24) is 0 Å². The highest BCUT2D eigenvalue weighted by Gasteiger charge is 2.29. The summed E-state index contributed by atoms with van der Waals surface area (Å²) in [6.45, 7) is 0. The van der Waals surface area contributed by atoms with Crippen LogP contribution < -0.4 is 0 Å². The molecule has 0 radical (unpaired) electrons. The van der Waals surface area contributed by atoms with Crippen molar-refractivity contribution in [3.63, 3.8) is 0 Å². The average molecular weight is 240 g/mol. The van der Waals surface area contributed by atoms with E-state index in [4.69, 9.17) is 21.6 Å². The summed E-state index contributed by atoms with van der Waals surface area (Å²) >= 11 is 6.13. The van der Waals surface area contributed by atoms with Crippen molar-refractivity contribution in [2.45, 2.75) is 57.2 Å². The maximum absolute atomic E-state index is 8.71. The van der Waals surface area contributed by atoms with Crippen molar-refractivity contribution in [1.29, 1.82) is 5.26 Å². The molecule has 0 amide bonds. The zero-order chi connectivity index (χ0) is 11.4. The van der Waals surface area contributed by atoms with Crippen LogP contribution in [0.4, 0.5) is 0 Å². The lowest BCUT2D eigenvalue weighted by Gasteiger charge is -2.34. The Bertz CT molecular complexity index is 302. The van der Waals surface area contributed by atoms with Crippen molar-refractivity contribution in [2.24, 2.45) is 5.92 Å². The van der Waals surface area contributed by atoms with Gasteiger partial charge in [0.15, 0.2) is 0 Å². The van der Waals surface area contributed by atoms with Crippen LogP contribution in [0.15, 0.2) is 11.1 Å². The number of nitriles is 1. The van der Waals surface area contributed by atoms with Crippen molar-refractivity contribution in [3.8, 4) is 6.07 Å². The van der Waals surface area contributed by atoms with Gasteiger partial charge in [-0.05, 0) is 24.8 Å². The van der Waals surface area contributed by atoms with E-state index in [0.29, 0.717) is 18.8 Å². The lowest BCUT2D eigenvalue weighted by Crippen LogP contribution is -2.32. The van der Waals surface area contributed by atoms with Gasteiger partial charge in [-0.25, -0.2) is 0 Å². The van der Waals surface area contributed by atoms with Gasteiger partial charge in [0.2, 0.25) is 0 Å². The van der Waals surface area contributed by atoms with Crippen molar-refractivity contribution >= 4 is 11.6 Å². The maximum atomic E-state index is 8.71. The molecule has 0 N–H and O–H groups in total. The third kappa shape index (κ3) is 2.99. The molecule has 2 aliphatic rings. The molecule has 3 heteroatoms. The second kappa shape index (κ2) is 5.70. The first-order chi connectivity index (χ1) is 7.79. The fourth-order valence-corrected chi connectivity index (χ4v) is 3.00. The van der Waals surface area contributed by atoms with Gasteiger partial charge >= 0.3 is 0 Å². The molecule has 0 spiro atoms. The minimum Gasteiger partial charge on any atom is -0.369 e. The van der Waals surface area contributed by atoms with Gasteiger partial charge < -0.3 is 4.74 Å². The zero-order valence-electron chi connectivity index (χ0n) is 9.49. The third-order valence-corrected chi connectivity index (χ3v) is 3.83. The molecule has 2 rings (SSSR count). The Morgan fingerprint density at radius 2 is 2.12 bits per heavy atom. The monoisotopic (exact) mass is 239 g/mol. The zero-order valence-corrected chi connectivity index (χ0v) is 10.2. The predicted molar refractivity (Wildman–Crippen MR) is 64.0 cm³/mol. The first-order valence-electron chi connectivity index (χ1n) is 6.18. The highest BCUT2D eigenvalue weighted by Crippen LogP contribution is 2.34. The highest BCUT2D eigenvalue weighted by atomic mass is 35.5. The summed E-state index contributed by atoms with van der Waals surface area (Å²) in [5.41, 5.74) is 0. The Hall–Kier alpha value is -0.520. The minimum absolute atomic E-state index is 0.00873. The fraction of sp³-hybridized carbons (Fsp3) is 0.769. The number of rotatable bonds is 2. The molecule has 2 atom stereocenters. The molecule has 0 unspecified atom stereocenters. The van der Waals surface area contributed by atoms with Gasteiger partial charge in [-0.15, -0.1) is 0 Å². The molecule has 1 fully saturated rings. The van der Waals surface area contributed by atoms with Gasteiger partial charge in [0.1, 0.15) is 0 Å². The van der Waals surface area contributed by atoms with E-state index in [-0.39, 0.29) is 12.2 Å². The van der Waals surface area contributed by atoms with Gasteiger partial charge in [-0.2, -0.15) is 5.26 Å². The number of hydrogen-bond donors (Lipinski definition) is 0. The predicted octanol–water partition coefficient (Wildman–Crippen LogP) is 3.76. The summed E-state index contributed by atoms with van der Waals surface area (Å²) in [5, 5.41) is 9.59. The fourth-order valence-electron chi connectivity index (χ4n) is 2.71. The van der Waals surface area contributed by atoms with Gasteiger partial charge in [0, 0.05) is 11.5 Å². The van der Waals surface area contributed by atoms with Crippen LogP contribution >= 0.6 is 11.6 Å². The van der Waals surface area contributed by atoms with Crippen molar-refractivity contribution in [2.75, 3.05) is 0 Å². The van der Waals surface area contributed by atoms with Crippen LogP contribution in [0.1, 0.15) is 44.9 Å². The Balaban J connectivity index is 1.98. The molecule has 2 nitrogen and oxygen atoms in total. The highest BCUT2D eigenvalue weighted by molar-refractivity contribution is 6.29. The molecule has 0 aromatic carbocycles. The Morgan fingerprint density at radius 1 is 1.38 bits per heavy atom. The van der Waals surface area contributed by atoms with Gasteiger partial charge in [-0.3, -0.25) is 0 Å². The normalized spacial score (nSPS) is 31.9.